The minimum atomic E-state index is 0.239. The van der Waals surface area contributed by atoms with Gasteiger partial charge < -0.3 is 4.90 Å². The number of piperazine rings is 1. The summed E-state index contributed by atoms with van der Waals surface area (Å²) >= 11 is 1.58. The summed E-state index contributed by atoms with van der Waals surface area (Å²) in [6, 6.07) is 32.1. The zero-order valence-corrected chi connectivity index (χ0v) is 18.6. The topological polar surface area (TPSA) is 43.2 Å². The van der Waals surface area contributed by atoms with E-state index in [2.05, 4.69) is 87.6 Å². The highest BCUT2D eigenvalue weighted by molar-refractivity contribution is 7.19. The van der Waals surface area contributed by atoms with Crippen molar-refractivity contribution < 1.29 is 0 Å². The maximum Gasteiger partial charge on any atom is 0.136 e. The van der Waals surface area contributed by atoms with Crippen LogP contribution < -0.4 is 0 Å². The smallest absolute Gasteiger partial charge is 0.136 e. The van der Waals surface area contributed by atoms with Crippen molar-refractivity contribution in [1.29, 1.82) is 5.26 Å². The van der Waals surface area contributed by atoms with Crippen molar-refractivity contribution in [2.45, 2.75) is 6.04 Å². The summed E-state index contributed by atoms with van der Waals surface area (Å²) in [6.45, 7) is 3.63. The number of thiazole rings is 1. The number of benzene rings is 3. The van der Waals surface area contributed by atoms with Gasteiger partial charge in [0.1, 0.15) is 16.6 Å². The van der Waals surface area contributed by atoms with Crippen LogP contribution >= 0.6 is 11.3 Å². The first kappa shape index (κ1) is 20.4. The van der Waals surface area contributed by atoms with Crippen molar-refractivity contribution >= 4 is 27.1 Å². The number of fused-ring (bicyclic) bond motifs is 1. The van der Waals surface area contributed by atoms with Gasteiger partial charge in [0.05, 0.1) is 16.3 Å². The SMILES string of the molecule is N#C/C(=C\N1CCN(C(c2ccccc2)c2ccccc2)CC1)c1nc2ccccc2s1. The Morgan fingerprint density at radius 2 is 1.44 bits per heavy atom. The maximum absolute atomic E-state index is 9.78. The van der Waals surface area contributed by atoms with Crippen molar-refractivity contribution in [2.24, 2.45) is 0 Å². The second-order valence-corrected chi connectivity index (χ2v) is 8.97. The van der Waals surface area contributed by atoms with Crippen LogP contribution in [0.25, 0.3) is 15.8 Å². The van der Waals surface area contributed by atoms with Gasteiger partial charge in [-0.3, -0.25) is 4.90 Å². The molecule has 1 fully saturated rings. The van der Waals surface area contributed by atoms with Crippen molar-refractivity contribution in [2.75, 3.05) is 26.2 Å². The third-order valence-corrected chi connectivity index (χ3v) is 6.97. The lowest BCUT2D eigenvalue weighted by atomic mass is 9.96. The van der Waals surface area contributed by atoms with Gasteiger partial charge in [-0.05, 0) is 23.3 Å². The molecule has 158 valence electrons. The number of allylic oxidation sites excluding steroid dienone is 1. The van der Waals surface area contributed by atoms with Gasteiger partial charge >= 0.3 is 0 Å². The van der Waals surface area contributed by atoms with E-state index in [9.17, 15) is 5.26 Å². The molecule has 0 bridgehead atoms. The van der Waals surface area contributed by atoms with Crippen molar-refractivity contribution in [3.05, 3.63) is 107 Å². The van der Waals surface area contributed by atoms with Gasteiger partial charge in [0.2, 0.25) is 0 Å². The molecule has 1 aliphatic rings. The molecule has 0 N–H and O–H groups in total. The summed E-state index contributed by atoms with van der Waals surface area (Å²) < 4.78 is 1.11. The van der Waals surface area contributed by atoms with Crippen molar-refractivity contribution in [3.8, 4) is 6.07 Å². The molecule has 2 heterocycles. The number of aromatic nitrogens is 1. The van der Waals surface area contributed by atoms with Crippen LogP contribution in [0.3, 0.4) is 0 Å². The Kier molecular flexibility index (Phi) is 5.98. The van der Waals surface area contributed by atoms with Crippen LogP contribution in [0.15, 0.2) is 91.1 Å². The Bertz CT molecular complexity index is 1180. The molecule has 3 aromatic carbocycles. The molecule has 0 saturated carbocycles. The average molecular weight is 437 g/mol. The number of hydrogen-bond acceptors (Lipinski definition) is 5. The first-order valence-corrected chi connectivity index (χ1v) is 11.7. The Hall–Kier alpha value is -3.46. The van der Waals surface area contributed by atoms with Gasteiger partial charge in [-0.2, -0.15) is 5.26 Å². The highest BCUT2D eigenvalue weighted by Gasteiger charge is 2.26. The van der Waals surface area contributed by atoms with Gasteiger partial charge in [-0.25, -0.2) is 4.98 Å². The molecule has 4 aromatic rings. The Labute approximate surface area is 192 Å². The fourth-order valence-corrected chi connectivity index (χ4v) is 5.24. The Morgan fingerprint density at radius 1 is 0.844 bits per heavy atom. The lowest BCUT2D eigenvalue weighted by molar-refractivity contribution is 0.139. The molecule has 0 unspecified atom stereocenters. The minimum Gasteiger partial charge on any atom is -0.374 e. The quantitative estimate of drug-likeness (QED) is 0.384. The fraction of sp³-hybridized carbons (Fsp3) is 0.185. The summed E-state index contributed by atoms with van der Waals surface area (Å²) in [4.78, 5) is 9.46. The predicted octanol–water partition coefficient (Wildman–Crippen LogP) is 5.57. The molecular weight excluding hydrogens is 412 g/mol. The van der Waals surface area contributed by atoms with Crippen LogP contribution in [-0.2, 0) is 0 Å². The zero-order valence-electron chi connectivity index (χ0n) is 17.8. The van der Waals surface area contributed by atoms with E-state index in [-0.39, 0.29) is 6.04 Å². The van der Waals surface area contributed by atoms with Crippen LogP contribution in [0.2, 0.25) is 0 Å². The second kappa shape index (κ2) is 9.35. The van der Waals surface area contributed by atoms with E-state index >= 15 is 0 Å². The van der Waals surface area contributed by atoms with Gasteiger partial charge in [-0.1, -0.05) is 72.8 Å². The van der Waals surface area contributed by atoms with E-state index in [1.807, 2.05) is 24.4 Å². The Balaban J connectivity index is 1.34. The monoisotopic (exact) mass is 436 g/mol. The van der Waals surface area contributed by atoms with E-state index in [0.29, 0.717) is 5.57 Å². The molecule has 1 aliphatic heterocycles. The first-order chi connectivity index (χ1) is 15.8. The maximum atomic E-state index is 9.78. The molecule has 5 heteroatoms. The minimum absolute atomic E-state index is 0.239. The molecule has 1 saturated heterocycles. The lowest BCUT2D eigenvalue weighted by Gasteiger charge is -2.39. The first-order valence-electron chi connectivity index (χ1n) is 10.9. The van der Waals surface area contributed by atoms with Gasteiger partial charge in [-0.15, -0.1) is 11.3 Å². The van der Waals surface area contributed by atoms with E-state index in [4.69, 9.17) is 0 Å². The Morgan fingerprint density at radius 3 is 2.03 bits per heavy atom. The fourth-order valence-electron chi connectivity index (χ4n) is 4.31. The van der Waals surface area contributed by atoms with E-state index in [1.54, 1.807) is 11.3 Å². The van der Waals surface area contributed by atoms with E-state index in [1.165, 1.54) is 11.1 Å². The molecule has 0 spiro atoms. The van der Waals surface area contributed by atoms with Crippen LogP contribution in [0.4, 0.5) is 0 Å². The molecule has 0 atom stereocenters. The summed E-state index contributed by atoms with van der Waals surface area (Å²) in [6.07, 6.45) is 2.00. The largest absolute Gasteiger partial charge is 0.374 e. The number of para-hydroxylation sites is 1. The van der Waals surface area contributed by atoms with Gasteiger partial charge in [0, 0.05) is 32.4 Å². The number of hydrogen-bond donors (Lipinski definition) is 0. The molecule has 1 aromatic heterocycles. The highest BCUT2D eigenvalue weighted by atomic mass is 32.1. The number of nitrogens with zero attached hydrogens (tertiary/aromatic N) is 4. The third kappa shape index (κ3) is 4.29. The summed E-state index contributed by atoms with van der Waals surface area (Å²) in [7, 11) is 0. The molecular formula is C27H24N4S. The predicted molar refractivity (Wildman–Crippen MR) is 131 cm³/mol. The number of nitriles is 1. The van der Waals surface area contributed by atoms with E-state index < -0.39 is 0 Å². The average Bonchev–Trinajstić information content (AvgIpc) is 3.29. The molecule has 5 rings (SSSR count). The molecule has 32 heavy (non-hydrogen) atoms. The van der Waals surface area contributed by atoms with Crippen LogP contribution in [0, 0.1) is 11.3 Å². The van der Waals surface area contributed by atoms with Crippen LogP contribution in [0.5, 0.6) is 0 Å². The summed E-state index contributed by atoms with van der Waals surface area (Å²) in [5.41, 5.74) is 4.22. The van der Waals surface area contributed by atoms with E-state index in [0.717, 1.165) is 41.4 Å². The number of rotatable bonds is 5. The highest BCUT2D eigenvalue weighted by Crippen LogP contribution is 2.30. The third-order valence-electron chi connectivity index (χ3n) is 5.90. The second-order valence-electron chi connectivity index (χ2n) is 7.94. The molecule has 0 amide bonds. The zero-order chi connectivity index (χ0) is 21.8. The van der Waals surface area contributed by atoms with Gasteiger partial charge in [0.25, 0.3) is 0 Å². The van der Waals surface area contributed by atoms with Crippen molar-refractivity contribution in [1.82, 2.24) is 14.8 Å². The summed E-state index contributed by atoms with van der Waals surface area (Å²) in [5.74, 6) is 0. The molecule has 0 aliphatic carbocycles. The normalized spacial score (nSPS) is 15.2. The standard InChI is InChI=1S/C27H24N4S/c28-19-23(27-29-24-13-7-8-14-25(24)32-27)20-30-15-17-31(18-16-30)26(21-9-3-1-4-10-21)22-11-5-2-6-12-22/h1-14,20,26H,15-18H2/b23-20+. The van der Waals surface area contributed by atoms with Gasteiger partial charge in [0.15, 0.2) is 0 Å². The van der Waals surface area contributed by atoms with Crippen LogP contribution in [-0.4, -0.2) is 41.0 Å². The van der Waals surface area contributed by atoms with Crippen LogP contribution in [0.1, 0.15) is 22.2 Å². The summed E-state index contributed by atoms with van der Waals surface area (Å²) in [5, 5.41) is 10.6. The van der Waals surface area contributed by atoms with Crippen molar-refractivity contribution in [3.63, 3.8) is 0 Å². The molecule has 0 radical (unpaired) electrons. The molecule has 4 nitrogen and oxygen atoms in total. The lowest BCUT2D eigenvalue weighted by Crippen LogP contribution is -2.45.